The summed E-state index contributed by atoms with van der Waals surface area (Å²) in [5, 5.41) is 0. The summed E-state index contributed by atoms with van der Waals surface area (Å²) in [5.41, 5.74) is 0.600. The van der Waals surface area contributed by atoms with Gasteiger partial charge in [-0.05, 0) is 26.3 Å². The van der Waals surface area contributed by atoms with Crippen LogP contribution in [0.2, 0.25) is 0 Å². The van der Waals surface area contributed by atoms with Crippen molar-refractivity contribution >= 4 is 11.8 Å². The number of rotatable bonds is 4. The van der Waals surface area contributed by atoms with Gasteiger partial charge in [0.05, 0.1) is 6.61 Å². The first-order valence-corrected chi connectivity index (χ1v) is 3.93. The van der Waals surface area contributed by atoms with Gasteiger partial charge in [0, 0.05) is 0 Å². The van der Waals surface area contributed by atoms with E-state index in [2.05, 4.69) is 4.74 Å². The van der Waals surface area contributed by atoms with Gasteiger partial charge in [0.2, 0.25) is 0 Å². The fourth-order valence-corrected chi connectivity index (χ4v) is 0.644. The Kier molecular flexibility index (Phi) is 5.00. The number of carbonyl (C=O) groups excluding carboxylic acids is 2. The molecule has 0 fully saturated rings. The van der Waals surface area contributed by atoms with Crippen molar-refractivity contribution in [3.63, 3.8) is 0 Å². The second-order valence-electron chi connectivity index (χ2n) is 2.38. The molecule has 0 amide bonds. The number of hydrogen-bond acceptors (Lipinski definition) is 3. The van der Waals surface area contributed by atoms with E-state index in [9.17, 15) is 9.59 Å². The molecule has 12 heavy (non-hydrogen) atoms. The normalized spacial score (nSPS) is 11.1. The van der Waals surface area contributed by atoms with E-state index >= 15 is 0 Å². The van der Waals surface area contributed by atoms with Gasteiger partial charge >= 0.3 is 5.97 Å². The monoisotopic (exact) mass is 170 g/mol. The summed E-state index contributed by atoms with van der Waals surface area (Å²) in [7, 11) is 0. The molecule has 0 heterocycles. The van der Waals surface area contributed by atoms with E-state index in [1.165, 1.54) is 0 Å². The highest BCUT2D eigenvalue weighted by atomic mass is 16.5. The number of allylic oxidation sites excluding steroid dienone is 2. The van der Waals surface area contributed by atoms with Gasteiger partial charge in [-0.2, -0.15) is 0 Å². The highest BCUT2D eigenvalue weighted by Gasteiger charge is 2.10. The third kappa shape index (κ3) is 3.91. The Morgan fingerprint density at radius 1 is 1.42 bits per heavy atom. The van der Waals surface area contributed by atoms with Crippen LogP contribution in [0.25, 0.3) is 0 Å². The number of carbonyl (C=O) groups is 2. The highest BCUT2D eigenvalue weighted by molar-refractivity contribution is 6.05. The van der Waals surface area contributed by atoms with E-state index in [4.69, 9.17) is 0 Å². The Morgan fingerprint density at radius 3 is 2.42 bits per heavy atom. The molecule has 0 atom stereocenters. The summed E-state index contributed by atoms with van der Waals surface area (Å²) in [4.78, 5) is 21.9. The van der Waals surface area contributed by atoms with Crippen LogP contribution in [-0.2, 0) is 14.3 Å². The van der Waals surface area contributed by atoms with E-state index in [-0.39, 0.29) is 12.2 Å². The minimum atomic E-state index is -0.455. The molecular formula is C9H14O3. The maximum atomic E-state index is 11.1. The molecule has 0 aromatic heterocycles. The first-order chi connectivity index (χ1) is 5.61. The van der Waals surface area contributed by atoms with E-state index in [0.29, 0.717) is 12.2 Å². The average Bonchev–Trinajstić information content (AvgIpc) is 2.03. The van der Waals surface area contributed by atoms with Gasteiger partial charge in [0.1, 0.15) is 6.42 Å². The minimum absolute atomic E-state index is 0.149. The van der Waals surface area contributed by atoms with Crippen molar-refractivity contribution in [1.82, 2.24) is 0 Å². The molecular weight excluding hydrogens is 156 g/mol. The Bertz CT molecular complexity index is 204. The van der Waals surface area contributed by atoms with Crippen LogP contribution in [0, 0.1) is 0 Å². The summed E-state index contributed by atoms with van der Waals surface area (Å²) < 4.78 is 4.62. The lowest BCUT2D eigenvalue weighted by Crippen LogP contribution is -2.11. The standard InChI is InChI=1S/C9H14O3/c1-4-7(3)8(10)6-9(11)12-5-2/h4H,5-6H2,1-3H3/b7-4+. The first kappa shape index (κ1) is 10.9. The van der Waals surface area contributed by atoms with Gasteiger partial charge in [0.15, 0.2) is 5.78 Å². The van der Waals surface area contributed by atoms with Crippen molar-refractivity contribution in [2.45, 2.75) is 27.2 Å². The average molecular weight is 170 g/mol. The van der Waals surface area contributed by atoms with Crippen molar-refractivity contribution in [1.29, 1.82) is 0 Å². The Hall–Kier alpha value is -1.12. The maximum Gasteiger partial charge on any atom is 0.313 e. The molecule has 0 saturated heterocycles. The van der Waals surface area contributed by atoms with Gasteiger partial charge in [-0.25, -0.2) is 0 Å². The van der Waals surface area contributed by atoms with Crippen LogP contribution in [-0.4, -0.2) is 18.4 Å². The number of esters is 1. The fourth-order valence-electron chi connectivity index (χ4n) is 0.644. The molecule has 0 bridgehead atoms. The molecule has 3 nitrogen and oxygen atoms in total. The predicted octanol–water partition coefficient (Wildman–Crippen LogP) is 1.47. The molecule has 0 saturated carbocycles. The third-order valence-corrected chi connectivity index (χ3v) is 1.48. The summed E-state index contributed by atoms with van der Waals surface area (Å²) in [5.74, 6) is -0.625. The highest BCUT2D eigenvalue weighted by Crippen LogP contribution is 1.99. The zero-order valence-corrected chi connectivity index (χ0v) is 7.72. The van der Waals surface area contributed by atoms with Crippen LogP contribution in [0.3, 0.4) is 0 Å². The fraction of sp³-hybridized carbons (Fsp3) is 0.556. The lowest BCUT2D eigenvalue weighted by atomic mass is 10.1. The van der Waals surface area contributed by atoms with Gasteiger partial charge < -0.3 is 4.74 Å². The predicted molar refractivity (Wildman–Crippen MR) is 45.7 cm³/mol. The Labute approximate surface area is 72.4 Å². The Balaban J connectivity index is 3.93. The lowest BCUT2D eigenvalue weighted by molar-refractivity contribution is -0.144. The number of ether oxygens (including phenoxy) is 1. The third-order valence-electron chi connectivity index (χ3n) is 1.48. The van der Waals surface area contributed by atoms with Crippen LogP contribution >= 0.6 is 0 Å². The number of Topliss-reactive ketones (excluding diaryl/α,β-unsaturated/α-hetero) is 1. The maximum absolute atomic E-state index is 11.1. The first-order valence-electron chi connectivity index (χ1n) is 3.93. The van der Waals surface area contributed by atoms with Gasteiger partial charge in [0.25, 0.3) is 0 Å². The molecule has 68 valence electrons. The van der Waals surface area contributed by atoms with Gasteiger partial charge in [-0.3, -0.25) is 9.59 Å². The summed E-state index contributed by atoms with van der Waals surface area (Å²) in [6, 6.07) is 0. The molecule has 0 N–H and O–H groups in total. The molecule has 0 aliphatic rings. The van der Waals surface area contributed by atoms with Crippen LogP contribution < -0.4 is 0 Å². The number of hydrogen-bond donors (Lipinski definition) is 0. The zero-order valence-electron chi connectivity index (χ0n) is 7.72. The van der Waals surface area contributed by atoms with Crippen molar-refractivity contribution in [2.75, 3.05) is 6.61 Å². The second-order valence-corrected chi connectivity index (χ2v) is 2.38. The summed E-state index contributed by atoms with van der Waals surface area (Å²) in [6.07, 6.45) is 1.53. The topological polar surface area (TPSA) is 43.4 Å². The van der Waals surface area contributed by atoms with Crippen LogP contribution in [0.4, 0.5) is 0 Å². The van der Waals surface area contributed by atoms with Crippen molar-refractivity contribution < 1.29 is 14.3 Å². The van der Waals surface area contributed by atoms with Crippen LogP contribution in [0.1, 0.15) is 27.2 Å². The largest absolute Gasteiger partial charge is 0.466 e. The molecule has 0 rings (SSSR count). The number of ketones is 1. The second kappa shape index (κ2) is 5.52. The summed E-state index contributed by atoms with van der Waals surface area (Å²) in [6.45, 7) is 5.48. The van der Waals surface area contributed by atoms with Gasteiger partial charge in [-0.1, -0.05) is 6.08 Å². The van der Waals surface area contributed by atoms with Crippen molar-refractivity contribution in [3.05, 3.63) is 11.6 Å². The van der Waals surface area contributed by atoms with Gasteiger partial charge in [-0.15, -0.1) is 0 Å². The quantitative estimate of drug-likeness (QED) is 0.364. The molecule has 0 aromatic carbocycles. The molecule has 0 aromatic rings. The molecule has 0 spiro atoms. The SMILES string of the molecule is C/C=C(\C)C(=O)CC(=O)OCC. The van der Waals surface area contributed by atoms with Crippen molar-refractivity contribution in [2.24, 2.45) is 0 Å². The lowest BCUT2D eigenvalue weighted by Gasteiger charge is -2.00. The molecule has 0 radical (unpaired) electrons. The van der Waals surface area contributed by atoms with E-state index in [1.54, 1.807) is 26.8 Å². The van der Waals surface area contributed by atoms with Crippen LogP contribution in [0.5, 0.6) is 0 Å². The molecule has 0 aliphatic heterocycles. The van der Waals surface area contributed by atoms with E-state index in [0.717, 1.165) is 0 Å². The molecule has 0 aliphatic carbocycles. The molecule has 3 heteroatoms. The zero-order chi connectivity index (χ0) is 9.56. The summed E-state index contributed by atoms with van der Waals surface area (Å²) >= 11 is 0. The molecule has 0 unspecified atom stereocenters. The van der Waals surface area contributed by atoms with Crippen molar-refractivity contribution in [3.8, 4) is 0 Å². The van der Waals surface area contributed by atoms with E-state index < -0.39 is 5.97 Å². The van der Waals surface area contributed by atoms with Crippen LogP contribution in [0.15, 0.2) is 11.6 Å². The van der Waals surface area contributed by atoms with E-state index in [1.807, 2.05) is 0 Å². The minimum Gasteiger partial charge on any atom is -0.466 e. The Morgan fingerprint density at radius 2 is 2.00 bits per heavy atom. The smallest absolute Gasteiger partial charge is 0.313 e.